The Hall–Kier alpha value is -1.94. The first-order chi connectivity index (χ1) is 11.6. The van der Waals surface area contributed by atoms with Gasteiger partial charge in [0.2, 0.25) is 0 Å². The molecule has 0 aliphatic heterocycles. The standard InChI is InChI=1S/C15H15ClN2O5S2/c1-11-2-6-13(7-3-11)24(20,21)10-15(19)17-18-25(22,23)14-8-4-12(16)5-9-14/h2-9,18H,10H2,1H3,(H,17,19). The minimum absolute atomic E-state index is 0.0196. The fourth-order valence-corrected chi connectivity index (χ4v) is 3.96. The van der Waals surface area contributed by atoms with Gasteiger partial charge in [-0.1, -0.05) is 29.3 Å². The second kappa shape index (κ2) is 7.52. The molecule has 0 aliphatic carbocycles. The van der Waals surface area contributed by atoms with Crippen molar-refractivity contribution in [2.75, 3.05) is 5.75 Å². The van der Waals surface area contributed by atoms with E-state index in [-0.39, 0.29) is 9.79 Å². The molecule has 0 aromatic heterocycles. The van der Waals surface area contributed by atoms with Crippen molar-refractivity contribution in [2.45, 2.75) is 16.7 Å². The van der Waals surface area contributed by atoms with Crippen molar-refractivity contribution < 1.29 is 21.6 Å². The molecule has 0 saturated heterocycles. The van der Waals surface area contributed by atoms with Gasteiger partial charge in [0.25, 0.3) is 15.9 Å². The van der Waals surface area contributed by atoms with Gasteiger partial charge < -0.3 is 0 Å². The van der Waals surface area contributed by atoms with Crippen molar-refractivity contribution in [1.82, 2.24) is 10.3 Å². The molecule has 0 bridgehead atoms. The maximum absolute atomic E-state index is 12.1. The first-order valence-electron chi connectivity index (χ1n) is 6.96. The van der Waals surface area contributed by atoms with Crippen molar-refractivity contribution in [2.24, 2.45) is 0 Å². The predicted octanol–water partition coefficient (Wildman–Crippen LogP) is 1.43. The van der Waals surface area contributed by atoms with Gasteiger partial charge in [0.1, 0.15) is 5.75 Å². The summed E-state index contributed by atoms with van der Waals surface area (Å²) < 4.78 is 48.3. The van der Waals surface area contributed by atoms with Crippen LogP contribution < -0.4 is 10.3 Å². The Morgan fingerprint density at radius 3 is 2.00 bits per heavy atom. The van der Waals surface area contributed by atoms with Crippen molar-refractivity contribution in [3.8, 4) is 0 Å². The third-order valence-electron chi connectivity index (χ3n) is 3.15. The Labute approximate surface area is 151 Å². The summed E-state index contributed by atoms with van der Waals surface area (Å²) in [6, 6.07) is 11.2. The minimum Gasteiger partial charge on any atom is -0.277 e. The zero-order valence-electron chi connectivity index (χ0n) is 13.1. The molecule has 7 nitrogen and oxygen atoms in total. The number of rotatable bonds is 6. The second-order valence-corrected chi connectivity index (χ2v) is 9.29. The van der Waals surface area contributed by atoms with E-state index in [1.54, 1.807) is 19.1 Å². The van der Waals surface area contributed by atoms with Gasteiger partial charge >= 0.3 is 0 Å². The second-order valence-electron chi connectivity index (χ2n) is 5.18. The molecule has 25 heavy (non-hydrogen) atoms. The van der Waals surface area contributed by atoms with Crippen LogP contribution >= 0.6 is 11.6 Å². The molecule has 0 heterocycles. The molecule has 0 spiro atoms. The molecule has 134 valence electrons. The quantitative estimate of drug-likeness (QED) is 0.710. The van der Waals surface area contributed by atoms with E-state index in [1.165, 1.54) is 36.4 Å². The Bertz CT molecular complexity index is 970. The minimum atomic E-state index is -4.03. The normalized spacial score (nSPS) is 11.9. The van der Waals surface area contributed by atoms with Gasteiger partial charge in [0, 0.05) is 5.02 Å². The number of sulfone groups is 1. The van der Waals surface area contributed by atoms with Gasteiger partial charge in [-0.25, -0.2) is 16.8 Å². The number of aryl methyl sites for hydroxylation is 1. The number of halogens is 1. The fourth-order valence-electron chi connectivity index (χ4n) is 1.83. The number of hydrogen-bond donors (Lipinski definition) is 2. The SMILES string of the molecule is Cc1ccc(S(=O)(=O)CC(=O)NNS(=O)(=O)c2ccc(Cl)cc2)cc1. The summed E-state index contributed by atoms with van der Waals surface area (Å²) in [6.07, 6.45) is 0. The van der Waals surface area contributed by atoms with Crippen LogP contribution in [-0.2, 0) is 24.7 Å². The number of hydrogen-bond acceptors (Lipinski definition) is 5. The maximum atomic E-state index is 12.1. The van der Waals surface area contributed by atoms with Crippen LogP contribution in [0.15, 0.2) is 58.3 Å². The van der Waals surface area contributed by atoms with E-state index in [0.717, 1.165) is 5.56 Å². The Balaban J connectivity index is 2.02. The summed E-state index contributed by atoms with van der Waals surface area (Å²) >= 11 is 5.68. The molecule has 2 N–H and O–H groups in total. The van der Waals surface area contributed by atoms with Crippen molar-refractivity contribution >= 4 is 37.4 Å². The summed E-state index contributed by atoms with van der Waals surface area (Å²) in [7, 11) is -7.91. The third kappa shape index (κ3) is 5.27. The molecule has 0 saturated carbocycles. The van der Waals surface area contributed by atoms with Gasteiger partial charge in [0.05, 0.1) is 9.79 Å². The zero-order valence-corrected chi connectivity index (χ0v) is 15.5. The number of hydrazine groups is 1. The first-order valence-corrected chi connectivity index (χ1v) is 10.5. The predicted molar refractivity (Wildman–Crippen MR) is 93.1 cm³/mol. The van der Waals surface area contributed by atoms with Gasteiger partial charge in [0.15, 0.2) is 9.84 Å². The van der Waals surface area contributed by atoms with Crippen LogP contribution in [0.2, 0.25) is 5.02 Å². The number of carbonyl (C=O) groups excluding carboxylic acids is 1. The van der Waals surface area contributed by atoms with E-state index in [1.807, 2.05) is 10.3 Å². The Morgan fingerprint density at radius 1 is 0.920 bits per heavy atom. The summed E-state index contributed by atoms with van der Waals surface area (Å²) in [4.78, 5) is 13.5. The molecular formula is C15H15ClN2O5S2. The highest BCUT2D eigenvalue weighted by Gasteiger charge is 2.21. The van der Waals surface area contributed by atoms with E-state index in [9.17, 15) is 21.6 Å². The fraction of sp³-hybridized carbons (Fsp3) is 0.133. The molecule has 0 radical (unpaired) electrons. The highest BCUT2D eigenvalue weighted by atomic mass is 35.5. The van der Waals surface area contributed by atoms with E-state index in [4.69, 9.17) is 11.6 Å². The van der Waals surface area contributed by atoms with E-state index in [2.05, 4.69) is 0 Å². The van der Waals surface area contributed by atoms with Crippen LogP contribution in [0.4, 0.5) is 0 Å². The molecule has 0 unspecified atom stereocenters. The van der Waals surface area contributed by atoms with Crippen molar-refractivity contribution in [1.29, 1.82) is 0 Å². The van der Waals surface area contributed by atoms with Crippen molar-refractivity contribution in [3.05, 3.63) is 59.1 Å². The van der Waals surface area contributed by atoms with Crippen LogP contribution in [0.5, 0.6) is 0 Å². The lowest BCUT2D eigenvalue weighted by atomic mass is 10.2. The molecular weight excluding hydrogens is 388 g/mol. The third-order valence-corrected chi connectivity index (χ3v) is 6.30. The highest BCUT2D eigenvalue weighted by Crippen LogP contribution is 2.14. The summed E-state index contributed by atoms with van der Waals surface area (Å²) in [5.74, 6) is -1.89. The molecule has 2 aromatic rings. The molecule has 0 aliphatic rings. The van der Waals surface area contributed by atoms with Crippen LogP contribution in [0, 0.1) is 6.92 Å². The molecule has 0 fully saturated rings. The average molecular weight is 403 g/mol. The van der Waals surface area contributed by atoms with Gasteiger partial charge in [-0.3, -0.25) is 10.2 Å². The number of carbonyl (C=O) groups is 1. The molecule has 2 rings (SSSR count). The molecule has 0 atom stereocenters. The monoisotopic (exact) mass is 402 g/mol. The highest BCUT2D eigenvalue weighted by molar-refractivity contribution is 7.92. The topological polar surface area (TPSA) is 109 Å². The Kier molecular flexibility index (Phi) is 5.83. The summed E-state index contributed by atoms with van der Waals surface area (Å²) in [5, 5.41) is 0.354. The number of benzene rings is 2. The molecule has 10 heteroatoms. The number of amides is 1. The smallest absolute Gasteiger partial charge is 0.257 e. The van der Waals surface area contributed by atoms with Crippen molar-refractivity contribution in [3.63, 3.8) is 0 Å². The molecule has 1 amide bonds. The average Bonchev–Trinajstić information content (AvgIpc) is 2.53. The largest absolute Gasteiger partial charge is 0.277 e. The number of sulfonamides is 1. The lowest BCUT2D eigenvalue weighted by Crippen LogP contribution is -2.44. The van der Waals surface area contributed by atoms with E-state index in [0.29, 0.717) is 5.02 Å². The van der Waals surface area contributed by atoms with Crippen LogP contribution in [-0.4, -0.2) is 28.5 Å². The summed E-state index contributed by atoms with van der Waals surface area (Å²) in [5.41, 5.74) is 2.76. The zero-order chi connectivity index (χ0) is 18.7. The van der Waals surface area contributed by atoms with Crippen LogP contribution in [0.3, 0.4) is 0 Å². The van der Waals surface area contributed by atoms with Crippen LogP contribution in [0.1, 0.15) is 5.56 Å². The lowest BCUT2D eigenvalue weighted by molar-refractivity contribution is -0.119. The lowest BCUT2D eigenvalue weighted by Gasteiger charge is -2.09. The van der Waals surface area contributed by atoms with E-state index >= 15 is 0 Å². The van der Waals surface area contributed by atoms with Gasteiger partial charge in [-0.05, 0) is 43.3 Å². The number of nitrogens with one attached hydrogen (secondary N) is 2. The Morgan fingerprint density at radius 2 is 1.44 bits per heavy atom. The maximum Gasteiger partial charge on any atom is 0.257 e. The van der Waals surface area contributed by atoms with Gasteiger partial charge in [-0.15, -0.1) is 4.83 Å². The first kappa shape index (κ1) is 19.4. The van der Waals surface area contributed by atoms with Gasteiger partial charge in [-0.2, -0.15) is 0 Å². The van der Waals surface area contributed by atoms with Crippen LogP contribution in [0.25, 0.3) is 0 Å². The van der Waals surface area contributed by atoms with E-state index < -0.39 is 31.5 Å². The molecule has 2 aromatic carbocycles. The summed E-state index contributed by atoms with van der Waals surface area (Å²) in [6.45, 7) is 1.80.